The first kappa shape index (κ1) is 38.1. The molecule has 3 heterocycles. The topological polar surface area (TPSA) is 143 Å². The fourth-order valence-electron chi connectivity index (χ4n) is 5.38. The third kappa shape index (κ3) is 11.4. The van der Waals surface area contributed by atoms with Crippen LogP contribution in [0.15, 0.2) is 41.0 Å². The molecule has 3 aromatic rings. The average molecular weight is 712 g/mol. The van der Waals surface area contributed by atoms with E-state index >= 15 is 0 Å². The zero-order valence-electron chi connectivity index (χ0n) is 28.9. The van der Waals surface area contributed by atoms with Crippen molar-refractivity contribution in [3.05, 3.63) is 57.0 Å². The zero-order chi connectivity index (χ0) is 35.3. The third-order valence-corrected chi connectivity index (χ3v) is 10.2. The van der Waals surface area contributed by atoms with Crippen molar-refractivity contribution >= 4 is 52.4 Å². The number of methoxy groups -OCH3 is 1. The van der Waals surface area contributed by atoms with Gasteiger partial charge in [0, 0.05) is 46.8 Å². The molecule has 0 spiro atoms. The van der Waals surface area contributed by atoms with Gasteiger partial charge in [0.15, 0.2) is 5.43 Å². The number of ether oxygens (including phenoxy) is 2. The number of benzene rings is 1. The number of amides is 3. The fraction of sp³-hybridized carbons (Fsp3) is 0.528. The number of thiazole rings is 1. The van der Waals surface area contributed by atoms with Gasteiger partial charge in [-0.2, -0.15) is 0 Å². The second-order valence-corrected chi connectivity index (χ2v) is 14.6. The summed E-state index contributed by atoms with van der Waals surface area (Å²) in [6.45, 7) is 10.6. The maximum atomic E-state index is 12.5. The number of aryl methyl sites for hydroxylation is 2. The van der Waals surface area contributed by atoms with Crippen molar-refractivity contribution in [3.63, 3.8) is 0 Å². The number of aromatic amines is 1. The number of H-pyrrole nitrogens is 1. The van der Waals surface area contributed by atoms with Crippen molar-refractivity contribution in [1.82, 2.24) is 24.9 Å². The van der Waals surface area contributed by atoms with Crippen LogP contribution in [-0.2, 0) is 19.1 Å². The molecule has 3 aliphatic rings. The van der Waals surface area contributed by atoms with E-state index in [2.05, 4.69) is 26.6 Å². The molecule has 2 aliphatic carbocycles. The number of nitrogens with zero attached hydrogens (tertiary/aromatic N) is 2. The van der Waals surface area contributed by atoms with E-state index in [1.54, 1.807) is 42.4 Å². The predicted molar refractivity (Wildman–Crippen MR) is 197 cm³/mol. The molecule has 1 unspecified atom stereocenters. The van der Waals surface area contributed by atoms with Gasteiger partial charge < -0.3 is 29.4 Å². The number of rotatable bonds is 14. The van der Waals surface area contributed by atoms with E-state index in [4.69, 9.17) is 9.47 Å². The highest BCUT2D eigenvalue weighted by atomic mass is 32.2. The van der Waals surface area contributed by atoms with E-state index in [-0.39, 0.29) is 23.3 Å². The molecule has 2 atom stereocenters. The van der Waals surface area contributed by atoms with Gasteiger partial charge in [-0.05, 0) is 103 Å². The van der Waals surface area contributed by atoms with Gasteiger partial charge in [-0.25, -0.2) is 4.98 Å². The largest absolute Gasteiger partial charge is 0.496 e. The second kappa shape index (κ2) is 18.9. The number of carbonyl (C=O) groups excluding carboxylic acids is 3. The lowest BCUT2D eigenvalue weighted by molar-refractivity contribution is -0.147. The van der Waals surface area contributed by atoms with Crippen LogP contribution in [0.2, 0.25) is 0 Å². The lowest BCUT2D eigenvalue weighted by Crippen LogP contribution is -2.49. The number of allylic oxidation sites excluding steroid dienone is 1. The molecule has 3 amide bonds. The average Bonchev–Trinajstić information content (AvgIpc) is 4.01. The maximum Gasteiger partial charge on any atom is 0.252 e. The van der Waals surface area contributed by atoms with Crippen LogP contribution in [0, 0.1) is 13.8 Å². The highest BCUT2D eigenvalue weighted by Gasteiger charge is 2.38. The van der Waals surface area contributed by atoms with Crippen LogP contribution in [0.5, 0.6) is 5.75 Å². The number of pyridine rings is 1. The van der Waals surface area contributed by atoms with E-state index in [0.29, 0.717) is 24.6 Å². The molecule has 1 aromatic carbocycles. The Balaban J connectivity index is 0.000000185. The highest BCUT2D eigenvalue weighted by Crippen LogP contribution is 2.31. The van der Waals surface area contributed by atoms with Gasteiger partial charge in [-0.3, -0.25) is 19.2 Å². The van der Waals surface area contributed by atoms with Crippen molar-refractivity contribution in [2.24, 2.45) is 0 Å². The van der Waals surface area contributed by atoms with Gasteiger partial charge in [0.1, 0.15) is 17.9 Å². The fourth-order valence-corrected chi connectivity index (χ4v) is 6.61. The van der Waals surface area contributed by atoms with E-state index in [9.17, 15) is 19.2 Å². The third-order valence-electron chi connectivity index (χ3n) is 8.42. The van der Waals surface area contributed by atoms with E-state index in [0.717, 1.165) is 89.8 Å². The molecular formula is C36H49N5O6S2. The number of carbonyl (C=O) groups is 3. The number of likely N-dealkylation sites (tertiary alicyclic amines) is 1. The van der Waals surface area contributed by atoms with Gasteiger partial charge in [0.2, 0.25) is 12.3 Å². The van der Waals surface area contributed by atoms with Crippen LogP contribution < -0.4 is 20.2 Å². The molecule has 49 heavy (non-hydrogen) atoms. The monoisotopic (exact) mass is 711 g/mol. The summed E-state index contributed by atoms with van der Waals surface area (Å²) >= 11 is 3.09. The Morgan fingerprint density at radius 1 is 1.20 bits per heavy atom. The summed E-state index contributed by atoms with van der Waals surface area (Å²) in [5.74, 6) is 0.712. The van der Waals surface area contributed by atoms with Crippen LogP contribution in [0.4, 0.5) is 0 Å². The summed E-state index contributed by atoms with van der Waals surface area (Å²) in [7, 11) is 1.62. The molecule has 11 nitrogen and oxygen atoms in total. The van der Waals surface area contributed by atoms with Gasteiger partial charge in [-0.1, -0.05) is 6.08 Å². The van der Waals surface area contributed by atoms with Crippen molar-refractivity contribution in [1.29, 1.82) is 0 Å². The summed E-state index contributed by atoms with van der Waals surface area (Å²) in [4.78, 5) is 56.0. The molecule has 1 saturated heterocycles. The van der Waals surface area contributed by atoms with Gasteiger partial charge in [0.25, 0.3) is 5.91 Å². The molecule has 2 aromatic heterocycles. The van der Waals surface area contributed by atoms with Crippen LogP contribution in [0.3, 0.4) is 0 Å². The Morgan fingerprint density at radius 2 is 1.98 bits per heavy atom. The minimum Gasteiger partial charge on any atom is -0.496 e. The number of fused-ring (bicyclic) bond motifs is 1. The van der Waals surface area contributed by atoms with E-state index in [1.165, 1.54) is 24.8 Å². The van der Waals surface area contributed by atoms with Crippen molar-refractivity contribution in [2.75, 3.05) is 20.3 Å². The normalized spacial score (nSPS) is 17.2. The lowest BCUT2D eigenvalue weighted by atomic mass is 10.1. The highest BCUT2D eigenvalue weighted by molar-refractivity contribution is 7.98. The number of nitrogens with one attached hydrogen (secondary N) is 3. The second-order valence-electron chi connectivity index (χ2n) is 12.4. The van der Waals surface area contributed by atoms with Crippen LogP contribution in [0.1, 0.15) is 75.3 Å². The number of hydrogen-bond donors (Lipinski definition) is 3. The van der Waals surface area contributed by atoms with Crippen molar-refractivity contribution in [3.8, 4) is 17.1 Å². The van der Waals surface area contributed by atoms with Crippen LogP contribution in [-0.4, -0.2) is 76.8 Å². The van der Waals surface area contributed by atoms with Crippen molar-refractivity contribution < 1.29 is 23.9 Å². The molecule has 6 rings (SSSR count). The minimum absolute atomic E-state index is 0.00605. The quantitative estimate of drug-likeness (QED) is 0.0820. The minimum atomic E-state index is -0.474. The number of hydrogen-bond acceptors (Lipinski definition) is 9. The molecule has 0 radical (unpaired) electrons. The molecule has 1 aliphatic heterocycles. The van der Waals surface area contributed by atoms with E-state index in [1.807, 2.05) is 31.4 Å². The Labute approximate surface area is 296 Å². The van der Waals surface area contributed by atoms with Gasteiger partial charge in [-0.15, -0.1) is 17.9 Å². The molecule has 0 bridgehead atoms. The van der Waals surface area contributed by atoms with Crippen LogP contribution >= 0.6 is 23.3 Å². The Morgan fingerprint density at radius 3 is 2.61 bits per heavy atom. The Kier molecular flexibility index (Phi) is 14.7. The number of aromatic nitrogens is 2. The molecule has 2 saturated carbocycles. The van der Waals surface area contributed by atoms with Gasteiger partial charge >= 0.3 is 0 Å². The van der Waals surface area contributed by atoms with Crippen molar-refractivity contribution in [2.45, 2.75) is 102 Å². The maximum absolute atomic E-state index is 12.5. The first-order valence-corrected chi connectivity index (χ1v) is 18.7. The van der Waals surface area contributed by atoms with Gasteiger partial charge in [0.05, 0.1) is 29.0 Å². The molecule has 3 fully saturated rings. The Hall–Kier alpha value is -3.68. The standard InChI is InChI=1S/C17H28N2O3.C15H14N2O2S.C4H7NOS/c1-3-4-5-6-12-22-13(2)17(21)19-11-7-8-15(19)16(20)18-14-9-10-14;1-8-14(19-3)5-4-10-13(18)6-11(17-15(8)10)12-7-20-9(2)16-12;6-3-5-7-4-1-2-4/h3,13-15H,1,4-12H2,2H3,(H,18,20);4-7H,1-3H3,(H,17,18);3-4H,1-2H2,(H,5,6)/t13-,15?;;/m1../s1. The number of unbranched alkanes of at least 4 members (excludes halogenated alkanes) is 2. The first-order chi connectivity index (χ1) is 23.7. The molecular weight excluding hydrogens is 663 g/mol. The molecule has 13 heteroatoms. The predicted octanol–water partition coefficient (Wildman–Crippen LogP) is 5.84. The van der Waals surface area contributed by atoms with E-state index < -0.39 is 6.10 Å². The lowest BCUT2D eigenvalue weighted by Gasteiger charge is -2.26. The summed E-state index contributed by atoms with van der Waals surface area (Å²) in [5.41, 5.74) is 3.26. The SMILES string of the molecule is C=CCCCCO[C@H](C)C(=O)N1CCCC1C(=O)NC1CC1.COc1ccc2c(=O)cc(-c3csc(C)n3)[nH]c2c1C.O=CNSC1CC1. The zero-order valence-corrected chi connectivity index (χ0v) is 30.6. The smallest absolute Gasteiger partial charge is 0.252 e. The molecule has 3 N–H and O–H groups in total. The Bertz CT molecular complexity index is 1630. The summed E-state index contributed by atoms with van der Waals surface area (Å²) in [6, 6.07) is 5.24. The van der Waals surface area contributed by atoms with Crippen LogP contribution in [0.25, 0.3) is 22.3 Å². The summed E-state index contributed by atoms with van der Waals surface area (Å²) in [6.07, 6.45) is 11.4. The summed E-state index contributed by atoms with van der Waals surface area (Å²) in [5, 5.41) is 7.32. The molecule has 266 valence electrons. The summed E-state index contributed by atoms with van der Waals surface area (Å²) < 4.78 is 13.5. The first-order valence-electron chi connectivity index (χ1n) is 17.0.